The molecule has 0 radical (unpaired) electrons. The minimum atomic E-state index is 0.880. The van der Waals surface area contributed by atoms with Crippen molar-refractivity contribution in [3.63, 3.8) is 0 Å². The van der Waals surface area contributed by atoms with Gasteiger partial charge in [-0.25, -0.2) is 9.97 Å². The quantitative estimate of drug-likeness (QED) is 0.492. The largest absolute Gasteiger partial charge is 0.244 e. The first-order valence-electron chi connectivity index (χ1n) is 7.90. The maximum atomic E-state index is 4.92. The molecule has 0 amide bonds. The van der Waals surface area contributed by atoms with Crippen LogP contribution in [0.5, 0.6) is 0 Å². The van der Waals surface area contributed by atoms with Crippen molar-refractivity contribution in [2.75, 3.05) is 0 Å². The minimum absolute atomic E-state index is 0.880. The molecule has 0 saturated heterocycles. The normalized spacial score (nSPS) is 10.7. The van der Waals surface area contributed by atoms with Gasteiger partial charge in [-0.15, -0.1) is 0 Å². The molecular weight excluding hydrogens is 292 g/mol. The highest BCUT2D eigenvalue weighted by atomic mass is 14.8. The Morgan fingerprint density at radius 1 is 0.625 bits per heavy atom. The number of benzene rings is 3. The third-order valence-electron chi connectivity index (χ3n) is 4.02. The highest BCUT2D eigenvalue weighted by Gasteiger charge is 2.12. The number of nitrogens with zero attached hydrogens (tertiary/aromatic N) is 2. The van der Waals surface area contributed by atoms with Gasteiger partial charge in [0.15, 0.2) is 0 Å². The summed E-state index contributed by atoms with van der Waals surface area (Å²) in [7, 11) is 0. The average Bonchev–Trinajstić information content (AvgIpc) is 2.68. The van der Waals surface area contributed by atoms with Gasteiger partial charge in [-0.05, 0) is 17.7 Å². The van der Waals surface area contributed by atoms with E-state index >= 15 is 0 Å². The van der Waals surface area contributed by atoms with Gasteiger partial charge in [0.1, 0.15) is 0 Å². The zero-order valence-electron chi connectivity index (χ0n) is 13.2. The molecule has 1 heterocycles. The molecular formula is C22H16N2. The summed E-state index contributed by atoms with van der Waals surface area (Å²) < 4.78 is 0. The molecule has 0 fully saturated rings. The Morgan fingerprint density at radius 2 is 1.17 bits per heavy atom. The molecule has 1 aromatic heterocycles. The molecule has 0 unspecified atom stereocenters. The van der Waals surface area contributed by atoms with Crippen LogP contribution in [0.1, 0.15) is 5.56 Å². The summed E-state index contributed by atoms with van der Waals surface area (Å²) in [6.07, 6.45) is 1.83. The van der Waals surface area contributed by atoms with Gasteiger partial charge >= 0.3 is 0 Å². The van der Waals surface area contributed by atoms with Crippen molar-refractivity contribution in [3.05, 3.63) is 91.0 Å². The number of hydrogen-bond acceptors (Lipinski definition) is 2. The van der Waals surface area contributed by atoms with E-state index in [-0.39, 0.29) is 0 Å². The predicted octanol–water partition coefficient (Wildman–Crippen LogP) is 5.61. The van der Waals surface area contributed by atoms with Crippen LogP contribution in [0.2, 0.25) is 0 Å². The Kier molecular flexibility index (Phi) is 3.64. The zero-order chi connectivity index (χ0) is 16.4. The van der Waals surface area contributed by atoms with Crippen molar-refractivity contribution >= 4 is 17.1 Å². The average molecular weight is 308 g/mol. The first-order valence-corrected chi connectivity index (χ1v) is 7.90. The Bertz CT molecular complexity index is 1010. The molecule has 0 aliphatic rings. The summed E-state index contributed by atoms with van der Waals surface area (Å²) in [6, 6.07) is 26.4. The summed E-state index contributed by atoms with van der Waals surface area (Å²) >= 11 is 0. The second-order valence-electron chi connectivity index (χ2n) is 5.61. The van der Waals surface area contributed by atoms with Gasteiger partial charge in [0.25, 0.3) is 0 Å². The number of hydrogen-bond donors (Lipinski definition) is 0. The van der Waals surface area contributed by atoms with Crippen molar-refractivity contribution < 1.29 is 0 Å². The van der Waals surface area contributed by atoms with Crippen LogP contribution in [0.25, 0.3) is 39.6 Å². The van der Waals surface area contributed by atoms with E-state index in [0.717, 1.165) is 39.1 Å². The van der Waals surface area contributed by atoms with Crippen molar-refractivity contribution in [1.82, 2.24) is 9.97 Å². The highest BCUT2D eigenvalue weighted by molar-refractivity contribution is 5.87. The molecule has 0 saturated carbocycles. The summed E-state index contributed by atoms with van der Waals surface area (Å²) in [5.74, 6) is 0. The number of rotatable bonds is 3. The third-order valence-corrected chi connectivity index (χ3v) is 4.02. The van der Waals surface area contributed by atoms with E-state index < -0.39 is 0 Å². The molecule has 0 N–H and O–H groups in total. The standard InChI is InChI=1S/C22H16N2/c1-2-16-13-14-19-20(15-16)24-22(18-11-7-4-8-12-18)21(23-19)17-9-5-3-6-10-17/h2-15H,1H2. The van der Waals surface area contributed by atoms with Crippen molar-refractivity contribution in [3.8, 4) is 22.5 Å². The van der Waals surface area contributed by atoms with Crippen molar-refractivity contribution in [2.24, 2.45) is 0 Å². The topological polar surface area (TPSA) is 25.8 Å². The molecule has 24 heavy (non-hydrogen) atoms. The SMILES string of the molecule is C=Cc1ccc2nc(-c3ccccc3)c(-c3ccccc3)nc2c1. The zero-order valence-corrected chi connectivity index (χ0v) is 13.2. The first-order chi connectivity index (χ1) is 11.8. The molecule has 0 aliphatic carbocycles. The summed E-state index contributed by atoms with van der Waals surface area (Å²) in [6.45, 7) is 3.84. The lowest BCUT2D eigenvalue weighted by Gasteiger charge is -2.11. The fraction of sp³-hybridized carbons (Fsp3) is 0. The molecule has 0 spiro atoms. The Labute approximate surface area is 141 Å². The Morgan fingerprint density at radius 3 is 1.71 bits per heavy atom. The maximum Gasteiger partial charge on any atom is 0.0973 e. The van der Waals surface area contributed by atoms with Gasteiger partial charge < -0.3 is 0 Å². The van der Waals surface area contributed by atoms with Crippen LogP contribution < -0.4 is 0 Å². The summed E-state index contributed by atoms with van der Waals surface area (Å²) in [4.78, 5) is 9.82. The van der Waals surface area contributed by atoms with E-state index in [0.29, 0.717) is 0 Å². The van der Waals surface area contributed by atoms with E-state index in [1.807, 2.05) is 60.7 Å². The Hall–Kier alpha value is -3.26. The van der Waals surface area contributed by atoms with Crippen LogP contribution in [0.4, 0.5) is 0 Å². The summed E-state index contributed by atoms with van der Waals surface area (Å²) in [5.41, 5.74) is 6.75. The molecule has 0 atom stereocenters. The molecule has 114 valence electrons. The maximum absolute atomic E-state index is 4.92. The van der Waals surface area contributed by atoms with E-state index in [9.17, 15) is 0 Å². The van der Waals surface area contributed by atoms with Gasteiger partial charge in [-0.3, -0.25) is 0 Å². The molecule has 0 bridgehead atoms. The minimum Gasteiger partial charge on any atom is -0.244 e. The summed E-state index contributed by atoms with van der Waals surface area (Å²) in [5, 5.41) is 0. The lowest BCUT2D eigenvalue weighted by Crippen LogP contribution is -1.95. The molecule has 2 nitrogen and oxygen atoms in total. The number of fused-ring (bicyclic) bond motifs is 1. The van der Waals surface area contributed by atoms with E-state index in [4.69, 9.17) is 9.97 Å². The smallest absolute Gasteiger partial charge is 0.0973 e. The van der Waals surface area contributed by atoms with E-state index in [2.05, 4.69) is 30.8 Å². The van der Waals surface area contributed by atoms with Crippen molar-refractivity contribution in [1.29, 1.82) is 0 Å². The molecule has 2 heteroatoms. The number of aromatic nitrogens is 2. The fourth-order valence-corrected chi connectivity index (χ4v) is 2.79. The lowest BCUT2D eigenvalue weighted by molar-refractivity contribution is 1.29. The molecule has 3 aromatic carbocycles. The second-order valence-corrected chi connectivity index (χ2v) is 5.61. The highest BCUT2D eigenvalue weighted by Crippen LogP contribution is 2.31. The van der Waals surface area contributed by atoms with Gasteiger partial charge in [-0.1, -0.05) is 79.4 Å². The molecule has 4 aromatic rings. The van der Waals surface area contributed by atoms with Crippen LogP contribution >= 0.6 is 0 Å². The van der Waals surface area contributed by atoms with Crippen LogP contribution in [-0.4, -0.2) is 9.97 Å². The van der Waals surface area contributed by atoms with Crippen LogP contribution in [0.15, 0.2) is 85.4 Å². The first kappa shape index (κ1) is 14.3. The van der Waals surface area contributed by atoms with Crippen LogP contribution in [0, 0.1) is 0 Å². The lowest BCUT2D eigenvalue weighted by atomic mass is 10.0. The Balaban J connectivity index is 2.03. The van der Waals surface area contributed by atoms with Gasteiger partial charge in [-0.2, -0.15) is 0 Å². The predicted molar refractivity (Wildman–Crippen MR) is 101 cm³/mol. The molecule has 4 rings (SSSR count). The van der Waals surface area contributed by atoms with Gasteiger partial charge in [0, 0.05) is 11.1 Å². The van der Waals surface area contributed by atoms with E-state index in [1.54, 1.807) is 0 Å². The van der Waals surface area contributed by atoms with Crippen LogP contribution in [-0.2, 0) is 0 Å². The van der Waals surface area contributed by atoms with Crippen molar-refractivity contribution in [2.45, 2.75) is 0 Å². The molecule has 0 aliphatic heterocycles. The monoisotopic (exact) mass is 308 g/mol. The van der Waals surface area contributed by atoms with Gasteiger partial charge in [0.2, 0.25) is 0 Å². The third kappa shape index (κ3) is 2.59. The second kappa shape index (κ2) is 6.09. The fourth-order valence-electron chi connectivity index (χ4n) is 2.79. The van der Waals surface area contributed by atoms with E-state index in [1.165, 1.54) is 0 Å². The van der Waals surface area contributed by atoms with Gasteiger partial charge in [0.05, 0.1) is 22.4 Å². The van der Waals surface area contributed by atoms with Crippen LogP contribution in [0.3, 0.4) is 0 Å².